The van der Waals surface area contributed by atoms with Gasteiger partial charge in [-0.15, -0.1) is 0 Å². The van der Waals surface area contributed by atoms with Crippen LogP contribution in [0.15, 0.2) is 0 Å². The van der Waals surface area contributed by atoms with E-state index in [1.54, 1.807) is 0 Å². The summed E-state index contributed by atoms with van der Waals surface area (Å²) in [4.78, 5) is 14.9. The summed E-state index contributed by atoms with van der Waals surface area (Å²) in [7, 11) is 0. The summed E-state index contributed by atoms with van der Waals surface area (Å²) in [5.74, 6) is 0.504. The Hall–Kier alpha value is -0.450. The highest BCUT2D eigenvalue weighted by molar-refractivity contribution is 5.91. The quantitative estimate of drug-likeness (QED) is 0.697. The fraction of sp³-hybridized carbons (Fsp3) is 0.938. The predicted molar refractivity (Wildman–Crippen MR) is 74.2 cm³/mol. The molecule has 0 radical (unpaired) electrons. The molecule has 2 aliphatic heterocycles. The Morgan fingerprint density at radius 1 is 1.20 bits per heavy atom. The minimum Gasteiger partial charge on any atom is -0.388 e. The van der Waals surface area contributed by atoms with E-state index in [4.69, 9.17) is 0 Å². The molecule has 2 aliphatic carbocycles. The standard InChI is InChI=1S/C16H25NO3/c1-11-8-12-9-13(18)15(20)5-3-7-17-6-2-4-14(12,19)16(15,17)10-11/h11-12,19-20H,2-10H2,1H3/t11-,12-,14+,15+,16-/m1/s1. The van der Waals surface area contributed by atoms with Crippen LogP contribution in [0.4, 0.5) is 0 Å². The van der Waals surface area contributed by atoms with Crippen molar-refractivity contribution in [1.82, 2.24) is 4.90 Å². The zero-order valence-electron chi connectivity index (χ0n) is 12.3. The summed E-state index contributed by atoms with van der Waals surface area (Å²) < 4.78 is 0. The van der Waals surface area contributed by atoms with Crippen molar-refractivity contribution in [2.45, 2.75) is 68.6 Å². The summed E-state index contributed by atoms with van der Waals surface area (Å²) in [5, 5.41) is 22.8. The summed E-state index contributed by atoms with van der Waals surface area (Å²) in [6.45, 7) is 4.04. The molecule has 4 heteroatoms. The van der Waals surface area contributed by atoms with E-state index in [1.165, 1.54) is 0 Å². The van der Waals surface area contributed by atoms with Gasteiger partial charge in [0.15, 0.2) is 5.78 Å². The van der Waals surface area contributed by atoms with Crippen molar-refractivity contribution in [3.63, 3.8) is 0 Å². The highest BCUT2D eigenvalue weighted by atomic mass is 16.3. The van der Waals surface area contributed by atoms with Crippen molar-refractivity contribution >= 4 is 5.78 Å². The van der Waals surface area contributed by atoms with Gasteiger partial charge in [0.05, 0.1) is 11.1 Å². The third kappa shape index (κ3) is 1.23. The lowest BCUT2D eigenvalue weighted by Gasteiger charge is -2.71. The minimum atomic E-state index is -1.31. The average Bonchev–Trinajstić information content (AvgIpc) is 2.38. The number of hydrogen-bond acceptors (Lipinski definition) is 4. The molecule has 4 fully saturated rings. The van der Waals surface area contributed by atoms with Gasteiger partial charge >= 0.3 is 0 Å². The Balaban J connectivity index is 1.95. The molecule has 4 nitrogen and oxygen atoms in total. The Kier molecular flexibility index (Phi) is 2.54. The number of carbonyl (C=O) groups excluding carboxylic acids is 1. The molecule has 0 aromatic rings. The van der Waals surface area contributed by atoms with Crippen LogP contribution in [-0.4, -0.2) is 50.7 Å². The SMILES string of the molecule is C[C@@H]1C[C@@H]2CC(=O)[C@@]3(O)CCCN4CCC[C@@]2(O)[C@@]43C1. The average molecular weight is 279 g/mol. The van der Waals surface area contributed by atoms with Gasteiger partial charge in [0.2, 0.25) is 0 Å². The van der Waals surface area contributed by atoms with Crippen LogP contribution >= 0.6 is 0 Å². The molecular weight excluding hydrogens is 254 g/mol. The van der Waals surface area contributed by atoms with Crippen molar-refractivity contribution in [3.05, 3.63) is 0 Å². The monoisotopic (exact) mass is 279 g/mol. The first-order valence-electron chi connectivity index (χ1n) is 8.17. The molecule has 0 unspecified atom stereocenters. The zero-order valence-corrected chi connectivity index (χ0v) is 12.3. The van der Waals surface area contributed by atoms with E-state index in [-0.39, 0.29) is 11.7 Å². The van der Waals surface area contributed by atoms with Crippen LogP contribution in [0.5, 0.6) is 0 Å². The van der Waals surface area contributed by atoms with Crippen molar-refractivity contribution in [2.24, 2.45) is 11.8 Å². The number of hydrogen-bond donors (Lipinski definition) is 2. The molecule has 2 bridgehead atoms. The van der Waals surface area contributed by atoms with Crippen molar-refractivity contribution in [2.75, 3.05) is 13.1 Å². The molecule has 2 N–H and O–H groups in total. The number of aliphatic hydroxyl groups is 2. The Bertz CT molecular complexity index is 465. The molecule has 112 valence electrons. The second-order valence-corrected chi connectivity index (χ2v) is 7.71. The van der Waals surface area contributed by atoms with Crippen LogP contribution in [-0.2, 0) is 4.79 Å². The lowest BCUT2D eigenvalue weighted by molar-refractivity contribution is -0.292. The summed E-state index contributed by atoms with van der Waals surface area (Å²) in [6.07, 6.45) is 5.18. The fourth-order valence-corrected chi connectivity index (χ4v) is 6.17. The van der Waals surface area contributed by atoms with Gasteiger partial charge in [-0.2, -0.15) is 0 Å². The van der Waals surface area contributed by atoms with Crippen LogP contribution < -0.4 is 0 Å². The van der Waals surface area contributed by atoms with E-state index in [9.17, 15) is 15.0 Å². The van der Waals surface area contributed by atoms with Gasteiger partial charge in [0, 0.05) is 6.42 Å². The van der Waals surface area contributed by atoms with E-state index < -0.39 is 16.7 Å². The lowest BCUT2D eigenvalue weighted by Crippen LogP contribution is -2.86. The molecule has 0 amide bonds. The van der Waals surface area contributed by atoms with Gasteiger partial charge in [-0.1, -0.05) is 6.92 Å². The fourth-order valence-electron chi connectivity index (χ4n) is 6.17. The maximum atomic E-state index is 12.7. The van der Waals surface area contributed by atoms with E-state index >= 15 is 0 Å². The first-order chi connectivity index (χ1) is 9.44. The molecule has 20 heavy (non-hydrogen) atoms. The Morgan fingerprint density at radius 2 is 1.90 bits per heavy atom. The van der Waals surface area contributed by atoms with Gasteiger partial charge in [-0.05, 0) is 63.5 Å². The van der Waals surface area contributed by atoms with Gasteiger partial charge in [-0.3, -0.25) is 9.69 Å². The number of carbonyl (C=O) groups is 1. The molecule has 5 atom stereocenters. The third-order valence-electron chi connectivity index (χ3n) is 6.79. The molecule has 2 saturated heterocycles. The molecule has 2 heterocycles. The molecular formula is C16H25NO3. The first-order valence-corrected chi connectivity index (χ1v) is 8.17. The van der Waals surface area contributed by atoms with E-state index in [0.29, 0.717) is 18.8 Å². The molecule has 0 aromatic heterocycles. The largest absolute Gasteiger partial charge is 0.388 e. The van der Waals surface area contributed by atoms with Gasteiger partial charge in [0.1, 0.15) is 5.60 Å². The van der Waals surface area contributed by atoms with Gasteiger partial charge in [-0.25, -0.2) is 0 Å². The Labute approximate surface area is 120 Å². The predicted octanol–water partition coefficient (Wildman–Crippen LogP) is 1.10. The van der Waals surface area contributed by atoms with E-state index in [0.717, 1.165) is 45.2 Å². The number of ketones is 1. The molecule has 0 aromatic carbocycles. The van der Waals surface area contributed by atoms with Crippen LogP contribution in [0.1, 0.15) is 51.9 Å². The first kappa shape index (κ1) is 13.2. The van der Waals surface area contributed by atoms with E-state index in [2.05, 4.69) is 11.8 Å². The lowest BCUT2D eigenvalue weighted by atomic mass is 9.44. The third-order valence-corrected chi connectivity index (χ3v) is 6.79. The van der Waals surface area contributed by atoms with Gasteiger partial charge in [0.25, 0.3) is 0 Å². The summed E-state index contributed by atoms with van der Waals surface area (Å²) in [5.41, 5.74) is -2.87. The topological polar surface area (TPSA) is 60.8 Å². The van der Waals surface area contributed by atoms with Gasteiger partial charge < -0.3 is 10.2 Å². The van der Waals surface area contributed by atoms with Crippen molar-refractivity contribution in [1.29, 1.82) is 0 Å². The van der Waals surface area contributed by atoms with Crippen LogP contribution in [0.25, 0.3) is 0 Å². The zero-order chi connectivity index (χ0) is 14.2. The van der Waals surface area contributed by atoms with Crippen LogP contribution in [0.3, 0.4) is 0 Å². The maximum Gasteiger partial charge on any atom is 0.166 e. The smallest absolute Gasteiger partial charge is 0.166 e. The second kappa shape index (κ2) is 3.84. The van der Waals surface area contributed by atoms with Crippen LogP contribution in [0.2, 0.25) is 0 Å². The van der Waals surface area contributed by atoms with Crippen molar-refractivity contribution < 1.29 is 15.0 Å². The number of rotatable bonds is 0. The number of piperidine rings is 2. The Morgan fingerprint density at radius 3 is 2.65 bits per heavy atom. The number of Topliss-reactive ketones (excluding diaryl/α,β-unsaturated/α-hetero) is 1. The number of nitrogens with zero attached hydrogens (tertiary/aromatic N) is 1. The second-order valence-electron chi connectivity index (χ2n) is 7.71. The van der Waals surface area contributed by atoms with Crippen LogP contribution in [0, 0.1) is 11.8 Å². The minimum absolute atomic E-state index is 0.00863. The summed E-state index contributed by atoms with van der Waals surface area (Å²) in [6, 6.07) is 0. The highest BCUT2D eigenvalue weighted by Gasteiger charge is 2.75. The summed E-state index contributed by atoms with van der Waals surface area (Å²) >= 11 is 0. The molecule has 2 saturated carbocycles. The molecule has 4 rings (SSSR count). The highest BCUT2D eigenvalue weighted by Crippen LogP contribution is 2.62. The molecule has 4 aliphatic rings. The normalized spacial score (nSPS) is 55.5. The maximum absolute atomic E-state index is 12.7. The van der Waals surface area contributed by atoms with E-state index in [1.807, 2.05) is 0 Å². The van der Waals surface area contributed by atoms with Crippen molar-refractivity contribution in [3.8, 4) is 0 Å². The molecule has 1 spiro atoms.